The van der Waals surface area contributed by atoms with Gasteiger partial charge in [0.25, 0.3) is 0 Å². The van der Waals surface area contributed by atoms with Crippen molar-refractivity contribution >= 4 is 30.2 Å². The molecule has 0 aliphatic carbocycles. The van der Waals surface area contributed by atoms with Crippen LogP contribution in [0, 0.1) is 9.54 Å². The highest BCUT2D eigenvalue weighted by Gasteiger charge is 2.53. The summed E-state index contributed by atoms with van der Waals surface area (Å²) in [6, 6.07) is 6.44. The predicted molar refractivity (Wildman–Crippen MR) is 167 cm³/mol. The Balaban J connectivity index is 0.000000150. The largest absolute Gasteiger partial charge is 0.461 e. The van der Waals surface area contributed by atoms with Gasteiger partial charge >= 0.3 is 0 Å². The molecular weight excluding hydrogens is 652 g/mol. The van der Waals surface area contributed by atoms with E-state index in [1.54, 1.807) is 56.8 Å². The van der Waals surface area contributed by atoms with E-state index in [2.05, 4.69) is 23.4 Å². The van der Waals surface area contributed by atoms with Gasteiger partial charge in [-0.1, -0.05) is 12.2 Å². The van der Waals surface area contributed by atoms with Gasteiger partial charge in [-0.25, -0.2) is 9.36 Å². The summed E-state index contributed by atoms with van der Waals surface area (Å²) in [6.45, 7) is 9.08. The monoisotopic (exact) mass is 684 g/mol. The number of aromatic nitrogens is 6. The molecule has 0 radical (unpaired) electrons. The van der Waals surface area contributed by atoms with Crippen LogP contribution in [0.2, 0.25) is 0 Å². The van der Waals surface area contributed by atoms with Crippen LogP contribution in [0.25, 0.3) is 23.2 Å². The third kappa shape index (κ3) is 5.72. The van der Waals surface area contributed by atoms with Crippen LogP contribution < -0.4 is 0 Å². The van der Waals surface area contributed by atoms with Gasteiger partial charge < -0.3 is 38.0 Å². The minimum Gasteiger partial charge on any atom is -0.461 e. The number of rotatable bonds is 8. The molecule has 0 spiro atoms. The lowest BCUT2D eigenvalue weighted by Crippen LogP contribution is -2.50. The average molecular weight is 685 g/mol. The summed E-state index contributed by atoms with van der Waals surface area (Å²) in [4.78, 5) is 12.0. The molecule has 6 atom stereocenters. The Morgan fingerprint density at radius 2 is 1.43 bits per heavy atom. The van der Waals surface area contributed by atoms with Crippen LogP contribution in [0.1, 0.15) is 24.9 Å². The number of carbonyl (C=O) groups is 1. The molecule has 248 valence electrons. The molecule has 0 unspecified atom stereocenters. The Morgan fingerprint density at radius 3 is 1.98 bits per heavy atom. The summed E-state index contributed by atoms with van der Waals surface area (Å²) in [5.41, 5.74) is 0. The zero-order valence-corrected chi connectivity index (χ0v) is 26.6. The van der Waals surface area contributed by atoms with E-state index in [9.17, 15) is 15.0 Å². The zero-order chi connectivity index (χ0) is 32.9. The van der Waals surface area contributed by atoms with Crippen LogP contribution in [0.5, 0.6) is 0 Å². The van der Waals surface area contributed by atoms with Crippen molar-refractivity contribution in [3.8, 4) is 23.2 Å². The van der Waals surface area contributed by atoms with E-state index in [1.807, 2.05) is 10.6 Å². The maximum absolute atomic E-state index is 12.0. The zero-order valence-electron chi connectivity index (χ0n) is 25.0. The smallest absolute Gasteiger partial charge is 0.218 e. The first-order valence-electron chi connectivity index (χ1n) is 14.9. The third-order valence-electron chi connectivity index (χ3n) is 8.34. The molecule has 4 bridgehead atoms. The Bertz CT molecular complexity index is 1890. The lowest BCUT2D eigenvalue weighted by molar-refractivity contribution is -0.315. The molecule has 0 amide bonds. The highest BCUT2D eigenvalue weighted by atomic mass is 32.1. The van der Waals surface area contributed by atoms with Crippen LogP contribution in [0.4, 0.5) is 0 Å². The molecule has 8 heterocycles. The second-order valence-corrected chi connectivity index (χ2v) is 12.2. The summed E-state index contributed by atoms with van der Waals surface area (Å²) >= 11 is 11.1. The summed E-state index contributed by atoms with van der Waals surface area (Å²) in [6.07, 6.45) is 4.57. The number of hydrogen-bond donors (Lipinski definition) is 2. The van der Waals surface area contributed by atoms with Crippen LogP contribution in [0.15, 0.2) is 70.9 Å². The third-order valence-corrected chi connectivity index (χ3v) is 9.16. The number of ketones is 1. The number of carbonyl (C=O) groups excluding carboxylic acids is 1. The minimum absolute atomic E-state index is 0.0132. The highest BCUT2D eigenvalue weighted by Crippen LogP contribution is 2.40. The van der Waals surface area contributed by atoms with Gasteiger partial charge in [0.2, 0.25) is 18.4 Å². The van der Waals surface area contributed by atoms with E-state index >= 15 is 0 Å². The Labute approximate surface area is 277 Å². The number of hydrogen-bond acceptors (Lipinski definition) is 13. The van der Waals surface area contributed by atoms with E-state index in [1.165, 1.54) is 0 Å². The maximum atomic E-state index is 12.0. The normalized spacial score (nSPS) is 27.4. The van der Waals surface area contributed by atoms with Crippen molar-refractivity contribution in [3.63, 3.8) is 0 Å². The van der Waals surface area contributed by atoms with Crippen LogP contribution in [-0.2, 0) is 36.8 Å². The van der Waals surface area contributed by atoms with E-state index in [0.717, 1.165) is 0 Å². The van der Waals surface area contributed by atoms with E-state index in [4.69, 9.17) is 52.2 Å². The van der Waals surface area contributed by atoms with Gasteiger partial charge in [0, 0.05) is 25.9 Å². The second-order valence-electron chi connectivity index (χ2n) is 11.4. The van der Waals surface area contributed by atoms with Crippen molar-refractivity contribution in [3.05, 3.63) is 71.6 Å². The fourth-order valence-electron chi connectivity index (χ4n) is 6.13. The van der Waals surface area contributed by atoms with Gasteiger partial charge in [-0.3, -0.25) is 13.9 Å². The second kappa shape index (κ2) is 12.7. The van der Waals surface area contributed by atoms with E-state index < -0.39 is 24.4 Å². The van der Waals surface area contributed by atoms with Gasteiger partial charge in [0.1, 0.15) is 12.2 Å². The number of furan rings is 2. The number of Topliss-reactive ketones (excluding diaryl/α,β-unsaturated/α-hetero) is 1. The fraction of sp³-hybridized carbons (Fsp3) is 0.433. The van der Waals surface area contributed by atoms with Crippen molar-refractivity contribution in [2.24, 2.45) is 0 Å². The first kappa shape index (κ1) is 31.8. The topological polar surface area (TPSA) is 166 Å². The minimum atomic E-state index is -2.08. The number of aliphatic hydroxyl groups is 2. The molecule has 8 rings (SSSR count). The van der Waals surface area contributed by atoms with Gasteiger partial charge in [0.05, 0.1) is 37.8 Å². The van der Waals surface area contributed by atoms with Gasteiger partial charge in [-0.15, -0.1) is 23.4 Å². The Morgan fingerprint density at radius 1 is 0.872 bits per heavy atom. The number of ether oxygens (including phenoxy) is 4. The highest BCUT2D eigenvalue weighted by molar-refractivity contribution is 7.71. The number of fused-ring (bicyclic) bond motifs is 4. The summed E-state index contributed by atoms with van der Waals surface area (Å²) in [5.74, 6) is 0.169. The predicted octanol–water partition coefficient (Wildman–Crippen LogP) is 3.34. The molecule has 4 aliphatic heterocycles. The molecule has 4 saturated heterocycles. The van der Waals surface area contributed by atoms with Crippen LogP contribution >= 0.6 is 24.4 Å². The van der Waals surface area contributed by atoms with Crippen molar-refractivity contribution in [1.29, 1.82) is 0 Å². The SMILES string of the molecule is C=CCn1c(-c2ccco2)nn([C@H]2CC(=O)[C@@H]3OC[C@H]2O3)c1=S.C=CCn1c(-c2ccco2)nn([C@H]2CC(O)(O)[C@@H]3OC[C@H]2O3)c1=S. The molecule has 17 heteroatoms. The first-order valence-corrected chi connectivity index (χ1v) is 15.7. The number of nitrogens with zero attached hydrogens (tertiary/aromatic N) is 6. The molecule has 4 aromatic rings. The van der Waals surface area contributed by atoms with E-state index in [0.29, 0.717) is 58.8 Å². The lowest BCUT2D eigenvalue weighted by Gasteiger charge is -2.36. The molecule has 4 aliphatic rings. The Hall–Kier alpha value is -3.81. The van der Waals surface area contributed by atoms with Gasteiger partial charge in [-0.05, 0) is 48.7 Å². The molecule has 15 nitrogen and oxygen atoms in total. The number of allylic oxidation sites excluding steroid dienone is 2. The molecule has 2 N–H and O–H groups in total. The first-order chi connectivity index (χ1) is 22.7. The van der Waals surface area contributed by atoms with Gasteiger partial charge in [-0.2, -0.15) is 0 Å². The summed E-state index contributed by atoms with van der Waals surface area (Å²) in [7, 11) is 0. The van der Waals surface area contributed by atoms with E-state index in [-0.39, 0.29) is 37.1 Å². The van der Waals surface area contributed by atoms with Crippen molar-refractivity contribution in [1.82, 2.24) is 28.7 Å². The Kier molecular flexibility index (Phi) is 8.56. The lowest BCUT2D eigenvalue weighted by atomic mass is 9.99. The molecule has 4 aromatic heterocycles. The molecule has 4 fully saturated rings. The fourth-order valence-corrected chi connectivity index (χ4v) is 6.81. The molecular formula is C30H32N6O9S2. The van der Waals surface area contributed by atoms with Crippen molar-refractivity contribution in [2.45, 2.75) is 68.6 Å². The standard InChI is InChI=1S/C15H17N3O5S.C15H15N3O4S/c1-2-5-17-12(10-4-3-6-21-10)16-18(14(17)24)9-7-15(19,20)13-22-8-11(9)23-13;1-2-5-17-13(11-4-3-6-20-11)16-18(15(17)23)9-7-10(19)14-21-8-12(9)22-14/h2-4,6,9,11,13,19-20H,1,5,7-8H2;2-4,6,9,12,14H,1,5,7-8H2/t9-,11+,13+;9-,12+,14+/m00/s1. The van der Waals surface area contributed by atoms with Crippen LogP contribution in [0.3, 0.4) is 0 Å². The molecule has 47 heavy (non-hydrogen) atoms. The van der Waals surface area contributed by atoms with Gasteiger partial charge in [0.15, 0.2) is 38.5 Å². The summed E-state index contributed by atoms with van der Waals surface area (Å²) < 4.78 is 40.5. The summed E-state index contributed by atoms with van der Waals surface area (Å²) in [5, 5.41) is 29.4. The van der Waals surface area contributed by atoms with Crippen molar-refractivity contribution in [2.75, 3.05) is 13.2 Å². The maximum Gasteiger partial charge on any atom is 0.218 e. The van der Waals surface area contributed by atoms with Crippen molar-refractivity contribution < 1.29 is 42.8 Å². The van der Waals surface area contributed by atoms with Crippen LogP contribution in [-0.4, -0.2) is 88.5 Å². The quantitative estimate of drug-likeness (QED) is 0.158. The average Bonchev–Trinajstić information content (AvgIpc) is 3.89. The molecule has 0 aromatic carbocycles. The molecule has 0 saturated carbocycles.